The van der Waals surface area contributed by atoms with Gasteiger partial charge in [-0.1, -0.05) is 30.4 Å². The van der Waals surface area contributed by atoms with Crippen LogP contribution in [0.3, 0.4) is 0 Å². The first kappa shape index (κ1) is 16.2. The van der Waals surface area contributed by atoms with E-state index in [1.807, 2.05) is 25.2 Å². The Morgan fingerprint density at radius 2 is 1.75 bits per heavy atom. The topological polar surface area (TPSA) is 66.4 Å². The lowest BCUT2D eigenvalue weighted by Crippen LogP contribution is -2.31. The first-order valence-electron chi connectivity index (χ1n) is 7.10. The highest BCUT2D eigenvalue weighted by Gasteiger charge is 2.25. The van der Waals surface area contributed by atoms with Crippen LogP contribution in [0.4, 0.5) is 0 Å². The number of carbonyl (C=O) groups is 2. The van der Waals surface area contributed by atoms with E-state index in [0.717, 1.165) is 25.7 Å². The molecule has 1 fully saturated rings. The van der Waals surface area contributed by atoms with Crippen LogP contribution in [0, 0.1) is 11.8 Å². The molecule has 1 rings (SSSR count). The van der Waals surface area contributed by atoms with Crippen molar-refractivity contribution in [3.8, 4) is 0 Å². The van der Waals surface area contributed by atoms with E-state index in [4.69, 9.17) is 5.11 Å². The van der Waals surface area contributed by atoms with Gasteiger partial charge in [0.05, 0.1) is 5.92 Å². The number of carboxylic acids is 1. The molecule has 0 aromatic heterocycles. The molecule has 0 aliphatic heterocycles. The van der Waals surface area contributed by atoms with Crippen molar-refractivity contribution in [1.82, 2.24) is 5.32 Å². The number of rotatable bonds is 6. The van der Waals surface area contributed by atoms with Gasteiger partial charge in [-0.25, -0.2) is 0 Å². The third-order valence-corrected chi connectivity index (χ3v) is 3.53. The molecule has 110 valence electrons. The molecule has 0 heterocycles. The van der Waals surface area contributed by atoms with Gasteiger partial charge in [0.25, 0.3) is 0 Å². The number of hydrogen-bond acceptors (Lipinski definition) is 2. The molecular weight excluding hydrogens is 254 g/mol. The smallest absolute Gasteiger partial charge is 0.306 e. The summed E-state index contributed by atoms with van der Waals surface area (Å²) in [5.41, 5.74) is 0. The van der Waals surface area contributed by atoms with Crippen LogP contribution in [-0.2, 0) is 9.59 Å². The van der Waals surface area contributed by atoms with Gasteiger partial charge in [0.1, 0.15) is 0 Å². The summed E-state index contributed by atoms with van der Waals surface area (Å²) in [6.07, 6.45) is 13.9. The normalized spacial score (nSPS) is 23.6. The van der Waals surface area contributed by atoms with Crippen molar-refractivity contribution in [2.24, 2.45) is 11.8 Å². The Morgan fingerprint density at radius 1 is 1.10 bits per heavy atom. The third kappa shape index (κ3) is 6.36. The maximum atomic E-state index is 11.5. The Balaban J connectivity index is 2.20. The molecule has 4 nitrogen and oxygen atoms in total. The molecule has 1 aliphatic carbocycles. The maximum Gasteiger partial charge on any atom is 0.306 e. The molecule has 0 aromatic carbocycles. The zero-order valence-corrected chi connectivity index (χ0v) is 11.9. The van der Waals surface area contributed by atoms with Gasteiger partial charge in [0, 0.05) is 12.6 Å². The summed E-state index contributed by atoms with van der Waals surface area (Å²) in [7, 11) is 0. The fraction of sp³-hybridized carbons (Fsp3) is 0.500. The van der Waals surface area contributed by atoms with Crippen LogP contribution in [0.1, 0.15) is 32.6 Å². The lowest BCUT2D eigenvalue weighted by molar-refractivity contribution is -0.143. The number of carboxylic acid groups (broad SMARTS) is 1. The van der Waals surface area contributed by atoms with Crippen molar-refractivity contribution < 1.29 is 14.7 Å². The molecule has 1 aliphatic rings. The van der Waals surface area contributed by atoms with Gasteiger partial charge >= 0.3 is 5.97 Å². The van der Waals surface area contributed by atoms with E-state index in [0.29, 0.717) is 12.5 Å². The highest BCUT2D eigenvalue weighted by Crippen LogP contribution is 2.28. The van der Waals surface area contributed by atoms with E-state index in [-0.39, 0.29) is 11.8 Å². The van der Waals surface area contributed by atoms with Crippen molar-refractivity contribution in [3.05, 3.63) is 36.5 Å². The predicted octanol–water partition coefficient (Wildman–Crippen LogP) is 2.68. The Bertz CT molecular complexity index is 402. The van der Waals surface area contributed by atoms with Crippen LogP contribution in [0.2, 0.25) is 0 Å². The summed E-state index contributed by atoms with van der Waals surface area (Å²) in [4.78, 5) is 22.4. The molecule has 20 heavy (non-hydrogen) atoms. The summed E-state index contributed by atoms with van der Waals surface area (Å²) in [6, 6.07) is 0. The van der Waals surface area contributed by atoms with Crippen molar-refractivity contribution in [2.75, 3.05) is 6.54 Å². The Hall–Kier alpha value is -1.84. The van der Waals surface area contributed by atoms with E-state index in [9.17, 15) is 9.59 Å². The molecule has 0 radical (unpaired) electrons. The van der Waals surface area contributed by atoms with Gasteiger partial charge < -0.3 is 10.4 Å². The first-order valence-corrected chi connectivity index (χ1v) is 7.10. The number of hydrogen-bond donors (Lipinski definition) is 2. The number of amides is 1. The lowest BCUT2D eigenvalue weighted by atomic mass is 9.82. The van der Waals surface area contributed by atoms with Crippen molar-refractivity contribution >= 4 is 11.9 Å². The van der Waals surface area contributed by atoms with Crippen molar-refractivity contribution in [2.45, 2.75) is 32.6 Å². The lowest BCUT2D eigenvalue weighted by Gasteiger charge is -2.25. The van der Waals surface area contributed by atoms with E-state index >= 15 is 0 Å². The van der Waals surface area contributed by atoms with Gasteiger partial charge in [0.15, 0.2) is 0 Å². The van der Waals surface area contributed by atoms with Gasteiger partial charge in [-0.3, -0.25) is 9.59 Å². The van der Waals surface area contributed by atoms with Crippen molar-refractivity contribution in [1.29, 1.82) is 0 Å². The van der Waals surface area contributed by atoms with E-state index < -0.39 is 5.97 Å². The molecule has 0 spiro atoms. The summed E-state index contributed by atoms with van der Waals surface area (Å²) < 4.78 is 0. The number of carbonyl (C=O) groups excluding carboxylic acids is 1. The second-order valence-corrected chi connectivity index (χ2v) is 5.07. The van der Waals surface area contributed by atoms with Crippen LogP contribution in [0.15, 0.2) is 36.5 Å². The number of nitrogens with one attached hydrogen (secondary N) is 1. The Labute approximate surface area is 120 Å². The van der Waals surface area contributed by atoms with Crippen LogP contribution in [-0.4, -0.2) is 23.5 Å². The highest BCUT2D eigenvalue weighted by atomic mass is 16.4. The number of aliphatic carboxylic acids is 1. The molecular formula is C16H23NO3. The fourth-order valence-electron chi connectivity index (χ4n) is 2.30. The Kier molecular flexibility index (Phi) is 7.40. The van der Waals surface area contributed by atoms with Crippen molar-refractivity contribution in [3.63, 3.8) is 0 Å². The molecule has 4 heteroatoms. The van der Waals surface area contributed by atoms with Crippen LogP contribution in [0.5, 0.6) is 0 Å². The molecule has 0 atom stereocenters. The number of allylic oxidation sites excluding steroid dienone is 5. The largest absolute Gasteiger partial charge is 0.481 e. The minimum atomic E-state index is -0.691. The monoisotopic (exact) mass is 277 g/mol. The molecule has 2 N–H and O–H groups in total. The SMILES string of the molecule is C/C=C/C=C/C=C/C(=O)NCC1CCC(C(=O)O)CC1. The first-order chi connectivity index (χ1) is 9.63. The highest BCUT2D eigenvalue weighted by molar-refractivity contribution is 5.87. The zero-order chi connectivity index (χ0) is 14.8. The van der Waals surface area contributed by atoms with Gasteiger partial charge in [-0.2, -0.15) is 0 Å². The summed E-state index contributed by atoms with van der Waals surface area (Å²) in [6.45, 7) is 2.56. The summed E-state index contributed by atoms with van der Waals surface area (Å²) in [5.74, 6) is -0.584. The molecule has 1 amide bonds. The maximum absolute atomic E-state index is 11.5. The fourth-order valence-corrected chi connectivity index (χ4v) is 2.30. The average molecular weight is 277 g/mol. The van der Waals surface area contributed by atoms with Crippen LogP contribution < -0.4 is 5.32 Å². The third-order valence-electron chi connectivity index (χ3n) is 3.53. The van der Waals surface area contributed by atoms with Gasteiger partial charge in [-0.15, -0.1) is 0 Å². The second kappa shape index (κ2) is 9.13. The summed E-state index contributed by atoms with van der Waals surface area (Å²) >= 11 is 0. The minimum Gasteiger partial charge on any atom is -0.481 e. The molecule has 0 aromatic rings. The summed E-state index contributed by atoms with van der Waals surface area (Å²) in [5, 5.41) is 11.8. The predicted molar refractivity (Wildman–Crippen MR) is 79.2 cm³/mol. The molecule has 0 unspecified atom stereocenters. The van der Waals surface area contributed by atoms with Gasteiger partial charge in [-0.05, 0) is 38.5 Å². The second-order valence-electron chi connectivity index (χ2n) is 5.07. The average Bonchev–Trinajstić information content (AvgIpc) is 2.45. The Morgan fingerprint density at radius 3 is 2.35 bits per heavy atom. The minimum absolute atomic E-state index is 0.101. The van der Waals surface area contributed by atoms with E-state index in [1.54, 1.807) is 12.2 Å². The van der Waals surface area contributed by atoms with Gasteiger partial charge in [0.2, 0.25) is 5.91 Å². The van der Waals surface area contributed by atoms with E-state index in [1.165, 1.54) is 6.08 Å². The zero-order valence-electron chi connectivity index (χ0n) is 11.9. The molecule has 0 bridgehead atoms. The molecule has 1 saturated carbocycles. The molecule has 0 saturated heterocycles. The van der Waals surface area contributed by atoms with Crippen LogP contribution in [0.25, 0.3) is 0 Å². The van der Waals surface area contributed by atoms with E-state index in [2.05, 4.69) is 5.32 Å². The van der Waals surface area contributed by atoms with Crippen LogP contribution >= 0.6 is 0 Å². The quantitative estimate of drug-likeness (QED) is 0.579. The standard InChI is InChI=1S/C16H23NO3/c1-2-3-4-5-6-7-15(18)17-12-13-8-10-14(11-9-13)16(19)20/h2-7,13-14H,8-12H2,1H3,(H,17,18)(H,19,20)/b3-2+,5-4+,7-6+.